The molecule has 0 aliphatic heterocycles. The second-order valence-electron chi connectivity index (χ2n) is 5.65. The van der Waals surface area contributed by atoms with E-state index in [0.29, 0.717) is 6.04 Å². The molecule has 0 saturated carbocycles. The summed E-state index contributed by atoms with van der Waals surface area (Å²) in [6.45, 7) is 14.5. The number of aromatic nitrogens is 2. The third kappa shape index (κ3) is 3.61. The molecule has 0 radical (unpaired) electrons. The highest BCUT2D eigenvalue weighted by Crippen LogP contribution is 2.25. The minimum absolute atomic E-state index is 0.158. The zero-order chi connectivity index (χ0) is 15.2. The Kier molecular flexibility index (Phi) is 6.69. The molecule has 1 rings (SSSR count). The van der Waals surface area contributed by atoms with Gasteiger partial charge in [-0.05, 0) is 33.0 Å². The normalized spacial score (nSPS) is 16.4. The second-order valence-corrected chi connectivity index (χ2v) is 5.65. The average molecular weight is 280 g/mol. The zero-order valence-electron chi connectivity index (χ0n) is 14.1. The lowest BCUT2D eigenvalue weighted by atomic mass is 9.84. The van der Waals surface area contributed by atoms with Gasteiger partial charge in [-0.3, -0.25) is 4.90 Å². The lowest BCUT2D eigenvalue weighted by Gasteiger charge is -2.46. The molecule has 0 aliphatic rings. The average Bonchev–Trinajstić information content (AvgIpc) is 2.84. The van der Waals surface area contributed by atoms with Crippen LogP contribution in [0.1, 0.15) is 46.9 Å². The Bertz CT molecular complexity index is 384. The fourth-order valence-electron chi connectivity index (χ4n) is 3.17. The van der Waals surface area contributed by atoms with E-state index in [1.807, 2.05) is 12.4 Å². The van der Waals surface area contributed by atoms with Crippen molar-refractivity contribution in [2.45, 2.75) is 59.0 Å². The summed E-state index contributed by atoms with van der Waals surface area (Å²) < 4.78 is 2.13. The molecule has 0 amide bonds. The molecule has 4 nitrogen and oxygen atoms in total. The van der Waals surface area contributed by atoms with Crippen molar-refractivity contribution in [1.82, 2.24) is 19.8 Å². The minimum Gasteiger partial charge on any atom is -0.338 e. The lowest BCUT2D eigenvalue weighted by Crippen LogP contribution is -2.60. The molecule has 20 heavy (non-hydrogen) atoms. The Labute approximate surface area is 124 Å². The van der Waals surface area contributed by atoms with Crippen molar-refractivity contribution in [2.24, 2.45) is 7.05 Å². The van der Waals surface area contributed by atoms with Crippen LogP contribution in [0, 0.1) is 0 Å². The van der Waals surface area contributed by atoms with Crippen LogP contribution in [0.5, 0.6) is 0 Å². The molecule has 0 aromatic carbocycles. The highest BCUT2D eigenvalue weighted by atomic mass is 15.2. The quantitative estimate of drug-likeness (QED) is 0.754. The molecule has 0 spiro atoms. The van der Waals surface area contributed by atoms with Gasteiger partial charge in [-0.1, -0.05) is 27.7 Å². The Morgan fingerprint density at radius 1 is 1.30 bits per heavy atom. The zero-order valence-corrected chi connectivity index (χ0v) is 14.1. The van der Waals surface area contributed by atoms with Crippen LogP contribution in [0.2, 0.25) is 0 Å². The Morgan fingerprint density at radius 2 is 1.95 bits per heavy atom. The van der Waals surface area contributed by atoms with Gasteiger partial charge in [0, 0.05) is 37.4 Å². The Balaban J connectivity index is 2.99. The van der Waals surface area contributed by atoms with Crippen LogP contribution < -0.4 is 5.32 Å². The van der Waals surface area contributed by atoms with Gasteiger partial charge in [0.15, 0.2) is 0 Å². The SMILES string of the molecule is CCNC(Cc1nccn1C)C(C)(CC)N(CC)CC. The van der Waals surface area contributed by atoms with E-state index < -0.39 is 0 Å². The van der Waals surface area contributed by atoms with Gasteiger partial charge in [-0.25, -0.2) is 4.98 Å². The number of aryl methyl sites for hydroxylation is 1. The molecule has 1 aromatic heterocycles. The molecule has 4 heteroatoms. The van der Waals surface area contributed by atoms with E-state index in [0.717, 1.165) is 38.3 Å². The molecule has 1 aromatic rings. The van der Waals surface area contributed by atoms with Gasteiger partial charge < -0.3 is 9.88 Å². The number of imidazole rings is 1. The van der Waals surface area contributed by atoms with Crippen molar-refractivity contribution in [1.29, 1.82) is 0 Å². The maximum absolute atomic E-state index is 4.50. The van der Waals surface area contributed by atoms with Crippen LogP contribution in [0.3, 0.4) is 0 Å². The van der Waals surface area contributed by atoms with Gasteiger partial charge >= 0.3 is 0 Å². The van der Waals surface area contributed by atoms with E-state index in [-0.39, 0.29) is 5.54 Å². The summed E-state index contributed by atoms with van der Waals surface area (Å²) in [6, 6.07) is 0.415. The van der Waals surface area contributed by atoms with Crippen molar-refractivity contribution in [2.75, 3.05) is 19.6 Å². The molecule has 2 unspecified atom stereocenters. The molecule has 2 atom stereocenters. The van der Waals surface area contributed by atoms with Crippen molar-refractivity contribution in [3.8, 4) is 0 Å². The summed E-state index contributed by atoms with van der Waals surface area (Å²) >= 11 is 0. The highest BCUT2D eigenvalue weighted by Gasteiger charge is 2.37. The monoisotopic (exact) mass is 280 g/mol. The van der Waals surface area contributed by atoms with Crippen LogP contribution in [-0.2, 0) is 13.5 Å². The van der Waals surface area contributed by atoms with Crippen LogP contribution in [0.4, 0.5) is 0 Å². The van der Waals surface area contributed by atoms with E-state index >= 15 is 0 Å². The fraction of sp³-hybridized carbons (Fsp3) is 0.812. The van der Waals surface area contributed by atoms with Crippen LogP contribution in [0.15, 0.2) is 12.4 Å². The van der Waals surface area contributed by atoms with Gasteiger partial charge in [0.25, 0.3) is 0 Å². The molecule has 116 valence electrons. The molecule has 1 heterocycles. The number of hydrogen-bond acceptors (Lipinski definition) is 3. The Hall–Kier alpha value is -0.870. The molecule has 0 aliphatic carbocycles. The van der Waals surface area contributed by atoms with Crippen molar-refractivity contribution >= 4 is 0 Å². The third-order valence-electron chi connectivity index (χ3n) is 4.71. The fourth-order valence-corrected chi connectivity index (χ4v) is 3.17. The summed E-state index contributed by atoms with van der Waals surface area (Å²) in [6.07, 6.45) is 6.02. The summed E-state index contributed by atoms with van der Waals surface area (Å²) in [5.41, 5.74) is 0.158. The predicted molar refractivity (Wildman–Crippen MR) is 86.0 cm³/mol. The maximum Gasteiger partial charge on any atom is 0.109 e. The molecule has 0 bridgehead atoms. The van der Waals surface area contributed by atoms with Crippen molar-refractivity contribution in [3.05, 3.63) is 18.2 Å². The largest absolute Gasteiger partial charge is 0.338 e. The first-order valence-corrected chi connectivity index (χ1v) is 7.97. The first kappa shape index (κ1) is 17.2. The molecular weight excluding hydrogens is 248 g/mol. The van der Waals surface area contributed by atoms with Gasteiger partial charge in [-0.15, -0.1) is 0 Å². The number of nitrogens with one attached hydrogen (secondary N) is 1. The molecular formula is C16H32N4. The van der Waals surface area contributed by atoms with Crippen LogP contribution in [0.25, 0.3) is 0 Å². The summed E-state index contributed by atoms with van der Waals surface area (Å²) in [4.78, 5) is 7.07. The summed E-state index contributed by atoms with van der Waals surface area (Å²) in [5.74, 6) is 1.16. The van der Waals surface area contributed by atoms with Crippen molar-refractivity contribution in [3.63, 3.8) is 0 Å². The van der Waals surface area contributed by atoms with E-state index in [2.05, 4.69) is 61.4 Å². The number of nitrogens with zero attached hydrogens (tertiary/aromatic N) is 3. The second kappa shape index (κ2) is 7.79. The number of rotatable bonds is 9. The molecule has 0 saturated heterocycles. The lowest BCUT2D eigenvalue weighted by molar-refractivity contribution is 0.0697. The van der Waals surface area contributed by atoms with Gasteiger partial charge in [-0.2, -0.15) is 0 Å². The van der Waals surface area contributed by atoms with Crippen LogP contribution >= 0.6 is 0 Å². The number of likely N-dealkylation sites (N-methyl/N-ethyl adjacent to an activating group) is 2. The van der Waals surface area contributed by atoms with Gasteiger partial charge in [0.05, 0.1) is 0 Å². The first-order valence-electron chi connectivity index (χ1n) is 7.97. The van der Waals surface area contributed by atoms with Crippen LogP contribution in [-0.4, -0.2) is 45.7 Å². The van der Waals surface area contributed by atoms with E-state index in [9.17, 15) is 0 Å². The summed E-state index contributed by atoms with van der Waals surface area (Å²) in [7, 11) is 2.08. The number of hydrogen-bond donors (Lipinski definition) is 1. The standard InChI is InChI=1S/C16H32N4/c1-7-16(5,20(9-3)10-4)14(17-8-2)13-15-18-11-12-19(15)6/h11-12,14,17H,7-10,13H2,1-6H3. The first-order chi connectivity index (χ1) is 9.53. The molecule has 0 fully saturated rings. The topological polar surface area (TPSA) is 33.1 Å². The van der Waals surface area contributed by atoms with E-state index in [4.69, 9.17) is 0 Å². The Morgan fingerprint density at radius 3 is 2.35 bits per heavy atom. The third-order valence-corrected chi connectivity index (χ3v) is 4.71. The maximum atomic E-state index is 4.50. The van der Waals surface area contributed by atoms with Crippen molar-refractivity contribution < 1.29 is 0 Å². The van der Waals surface area contributed by atoms with Gasteiger partial charge in [0.2, 0.25) is 0 Å². The van der Waals surface area contributed by atoms with E-state index in [1.54, 1.807) is 0 Å². The summed E-state index contributed by atoms with van der Waals surface area (Å²) in [5, 5.41) is 3.69. The highest BCUT2D eigenvalue weighted by molar-refractivity contribution is 5.03. The predicted octanol–water partition coefficient (Wildman–Crippen LogP) is 2.45. The van der Waals surface area contributed by atoms with Gasteiger partial charge in [0.1, 0.15) is 5.82 Å². The molecule has 1 N–H and O–H groups in total. The minimum atomic E-state index is 0.158. The smallest absolute Gasteiger partial charge is 0.109 e. The van der Waals surface area contributed by atoms with E-state index in [1.165, 1.54) is 0 Å².